The van der Waals surface area contributed by atoms with E-state index in [0.717, 1.165) is 19.3 Å². The molecule has 1 unspecified atom stereocenters. The molecular formula is C11H18O2. The maximum atomic E-state index is 11.1. The lowest BCUT2D eigenvalue weighted by Crippen LogP contribution is -2.35. The highest BCUT2D eigenvalue weighted by molar-refractivity contribution is 5.71. The lowest BCUT2D eigenvalue weighted by Gasteiger charge is -2.39. The van der Waals surface area contributed by atoms with E-state index in [1.165, 1.54) is 19.3 Å². The Morgan fingerprint density at radius 2 is 2.08 bits per heavy atom. The molecule has 74 valence electrons. The third-order valence-corrected chi connectivity index (χ3v) is 4.35. The summed E-state index contributed by atoms with van der Waals surface area (Å²) in [5.41, 5.74) is 0.129. The van der Waals surface area contributed by atoms with E-state index in [-0.39, 0.29) is 11.3 Å². The van der Waals surface area contributed by atoms with Gasteiger partial charge in [0.15, 0.2) is 0 Å². The van der Waals surface area contributed by atoms with Gasteiger partial charge in [-0.15, -0.1) is 0 Å². The molecule has 2 rings (SSSR count). The van der Waals surface area contributed by atoms with Crippen LogP contribution in [0.1, 0.15) is 45.4 Å². The van der Waals surface area contributed by atoms with Crippen molar-refractivity contribution in [1.82, 2.24) is 0 Å². The van der Waals surface area contributed by atoms with Crippen molar-refractivity contribution in [3.05, 3.63) is 0 Å². The molecule has 0 aromatic heterocycles. The van der Waals surface area contributed by atoms with Crippen LogP contribution in [-0.4, -0.2) is 11.1 Å². The molecule has 1 N–H and O–H groups in total. The quantitative estimate of drug-likeness (QED) is 0.677. The molecule has 2 aliphatic rings. The molecule has 2 heteroatoms. The summed E-state index contributed by atoms with van der Waals surface area (Å²) in [6.07, 6.45) is 7.00. The van der Waals surface area contributed by atoms with Crippen LogP contribution in [0.2, 0.25) is 0 Å². The van der Waals surface area contributed by atoms with Crippen LogP contribution in [0.5, 0.6) is 0 Å². The molecule has 0 saturated heterocycles. The molecule has 3 atom stereocenters. The molecule has 0 amide bonds. The van der Waals surface area contributed by atoms with Gasteiger partial charge in [-0.05, 0) is 37.0 Å². The second-order valence-corrected chi connectivity index (χ2v) is 4.92. The summed E-state index contributed by atoms with van der Waals surface area (Å²) in [5.74, 6) is 0.0760. The minimum atomic E-state index is -0.563. The van der Waals surface area contributed by atoms with E-state index in [2.05, 4.69) is 6.92 Å². The predicted octanol–water partition coefficient (Wildman–Crippen LogP) is 2.68. The average molecular weight is 182 g/mol. The van der Waals surface area contributed by atoms with E-state index in [4.69, 9.17) is 5.11 Å². The second kappa shape index (κ2) is 3.00. The molecule has 0 aromatic carbocycles. The average Bonchev–Trinajstić information content (AvgIpc) is 2.41. The van der Waals surface area contributed by atoms with Crippen LogP contribution >= 0.6 is 0 Å². The zero-order valence-corrected chi connectivity index (χ0v) is 8.25. The summed E-state index contributed by atoms with van der Waals surface area (Å²) in [5, 5.41) is 9.12. The van der Waals surface area contributed by atoms with Gasteiger partial charge in [-0.2, -0.15) is 0 Å². The van der Waals surface area contributed by atoms with Crippen molar-refractivity contribution in [2.45, 2.75) is 45.4 Å². The number of aliphatic carboxylic acids is 1. The van der Waals surface area contributed by atoms with Gasteiger partial charge in [0, 0.05) is 0 Å². The molecule has 2 saturated carbocycles. The zero-order chi connectivity index (χ0) is 9.47. The van der Waals surface area contributed by atoms with Gasteiger partial charge in [-0.3, -0.25) is 4.79 Å². The summed E-state index contributed by atoms with van der Waals surface area (Å²) in [7, 11) is 0. The molecule has 0 bridgehead atoms. The minimum absolute atomic E-state index is 0.0576. The van der Waals surface area contributed by atoms with Crippen molar-refractivity contribution in [3.8, 4) is 0 Å². The second-order valence-electron chi connectivity index (χ2n) is 4.92. The topological polar surface area (TPSA) is 37.3 Å². The number of hydrogen-bond donors (Lipinski definition) is 1. The molecule has 2 fully saturated rings. The first-order valence-electron chi connectivity index (χ1n) is 5.37. The minimum Gasteiger partial charge on any atom is -0.481 e. The van der Waals surface area contributed by atoms with Crippen molar-refractivity contribution >= 4 is 5.97 Å². The molecule has 2 nitrogen and oxygen atoms in total. The van der Waals surface area contributed by atoms with Crippen LogP contribution in [0.15, 0.2) is 0 Å². The predicted molar refractivity (Wildman–Crippen MR) is 50.4 cm³/mol. The lowest BCUT2D eigenvalue weighted by molar-refractivity contribution is -0.146. The van der Waals surface area contributed by atoms with Gasteiger partial charge in [0.2, 0.25) is 0 Å². The molecule has 0 spiro atoms. The van der Waals surface area contributed by atoms with Gasteiger partial charge in [0.1, 0.15) is 0 Å². The van der Waals surface area contributed by atoms with Gasteiger partial charge >= 0.3 is 5.97 Å². The van der Waals surface area contributed by atoms with Gasteiger partial charge < -0.3 is 5.11 Å². The number of hydrogen-bond acceptors (Lipinski definition) is 1. The van der Waals surface area contributed by atoms with Crippen molar-refractivity contribution in [2.75, 3.05) is 0 Å². The zero-order valence-electron chi connectivity index (χ0n) is 8.25. The first kappa shape index (κ1) is 9.04. The summed E-state index contributed by atoms with van der Waals surface area (Å²) in [4.78, 5) is 11.1. The summed E-state index contributed by atoms with van der Waals surface area (Å²) in [6.45, 7) is 2.20. The van der Waals surface area contributed by atoms with E-state index < -0.39 is 5.97 Å². The Hall–Kier alpha value is -0.530. The normalized spacial score (nSPS) is 44.4. The molecule has 13 heavy (non-hydrogen) atoms. The number of fused-ring (bicyclic) bond motifs is 1. The van der Waals surface area contributed by atoms with E-state index in [0.29, 0.717) is 5.92 Å². The monoisotopic (exact) mass is 182 g/mol. The summed E-state index contributed by atoms with van der Waals surface area (Å²) in [6, 6.07) is 0. The van der Waals surface area contributed by atoms with E-state index in [9.17, 15) is 4.79 Å². The fraction of sp³-hybridized carbons (Fsp3) is 0.909. The maximum absolute atomic E-state index is 11.1. The molecule has 2 aliphatic carbocycles. The highest BCUT2D eigenvalue weighted by atomic mass is 16.4. The Morgan fingerprint density at radius 3 is 2.77 bits per heavy atom. The molecule has 0 radical (unpaired) electrons. The van der Waals surface area contributed by atoms with Crippen LogP contribution in [0, 0.1) is 17.3 Å². The third kappa shape index (κ3) is 1.27. The van der Waals surface area contributed by atoms with Crippen LogP contribution in [-0.2, 0) is 4.79 Å². The Balaban J connectivity index is 2.20. The largest absolute Gasteiger partial charge is 0.481 e. The van der Waals surface area contributed by atoms with Crippen molar-refractivity contribution < 1.29 is 9.90 Å². The highest BCUT2D eigenvalue weighted by Gasteiger charge is 2.50. The number of carboxylic acid groups (broad SMARTS) is 1. The first-order valence-corrected chi connectivity index (χ1v) is 5.37. The van der Waals surface area contributed by atoms with Crippen LogP contribution in [0.4, 0.5) is 0 Å². The Morgan fingerprint density at radius 1 is 1.31 bits per heavy atom. The summed E-state index contributed by atoms with van der Waals surface area (Å²) >= 11 is 0. The highest BCUT2D eigenvalue weighted by Crippen LogP contribution is 2.55. The first-order chi connectivity index (χ1) is 6.14. The lowest BCUT2D eigenvalue weighted by atomic mass is 9.65. The van der Waals surface area contributed by atoms with Crippen molar-refractivity contribution in [2.24, 2.45) is 17.3 Å². The fourth-order valence-corrected chi connectivity index (χ4v) is 3.47. The van der Waals surface area contributed by atoms with Crippen LogP contribution in [0.3, 0.4) is 0 Å². The Labute approximate surface area is 79.3 Å². The van der Waals surface area contributed by atoms with Crippen LogP contribution < -0.4 is 0 Å². The third-order valence-electron chi connectivity index (χ3n) is 4.35. The van der Waals surface area contributed by atoms with Gasteiger partial charge in [-0.25, -0.2) is 0 Å². The number of carbonyl (C=O) groups is 1. The van der Waals surface area contributed by atoms with E-state index >= 15 is 0 Å². The Kier molecular flexibility index (Phi) is 2.09. The van der Waals surface area contributed by atoms with E-state index in [1.807, 2.05) is 0 Å². The van der Waals surface area contributed by atoms with Gasteiger partial charge in [0.05, 0.1) is 5.92 Å². The van der Waals surface area contributed by atoms with Gasteiger partial charge in [0.25, 0.3) is 0 Å². The van der Waals surface area contributed by atoms with Crippen LogP contribution in [0.25, 0.3) is 0 Å². The molecular weight excluding hydrogens is 164 g/mol. The molecule has 0 aliphatic heterocycles. The maximum Gasteiger partial charge on any atom is 0.307 e. The SMILES string of the molecule is C[C@]12CCCC[C@H]1CCC2C(=O)O. The number of carboxylic acids is 1. The fourth-order valence-electron chi connectivity index (χ4n) is 3.47. The van der Waals surface area contributed by atoms with E-state index in [1.54, 1.807) is 0 Å². The van der Waals surface area contributed by atoms with Crippen molar-refractivity contribution in [1.29, 1.82) is 0 Å². The molecule has 0 aromatic rings. The van der Waals surface area contributed by atoms with Gasteiger partial charge in [-0.1, -0.05) is 19.8 Å². The smallest absolute Gasteiger partial charge is 0.307 e. The Bertz CT molecular complexity index is 224. The standard InChI is InChI=1S/C11H18O2/c1-11-7-3-2-4-8(11)5-6-9(11)10(12)13/h8-9H,2-7H2,1H3,(H,12,13)/t8-,9?,11-/m0/s1. The number of rotatable bonds is 1. The summed E-state index contributed by atoms with van der Waals surface area (Å²) < 4.78 is 0. The van der Waals surface area contributed by atoms with Crippen molar-refractivity contribution in [3.63, 3.8) is 0 Å². The molecule has 0 heterocycles.